The minimum atomic E-state index is -0.0730. The molecule has 0 aromatic carbocycles. The standard InChI is InChI=1S/C8H17NO.C6H13NO.C2H6/c1-7(2)9-5-3-4-8(10)6-9;1-7-4-2-6(8)3-5-7;1-2/h7-8,10H,3-6H2,1-2H3;6,8H,2-5H2,1H3;1-2H3. The number of rotatable bonds is 1. The van der Waals surface area contributed by atoms with Gasteiger partial charge in [-0.15, -0.1) is 0 Å². The molecule has 0 aromatic heterocycles. The summed E-state index contributed by atoms with van der Waals surface area (Å²) in [5.41, 5.74) is 0. The molecule has 2 heterocycles. The van der Waals surface area contributed by atoms with Crippen molar-refractivity contribution in [2.45, 2.75) is 71.6 Å². The fourth-order valence-electron chi connectivity index (χ4n) is 2.45. The maximum absolute atomic E-state index is 9.29. The van der Waals surface area contributed by atoms with Crippen LogP contribution in [0.15, 0.2) is 0 Å². The van der Waals surface area contributed by atoms with Crippen molar-refractivity contribution < 1.29 is 10.2 Å². The van der Waals surface area contributed by atoms with E-state index in [0.29, 0.717) is 6.04 Å². The molecule has 0 aromatic rings. The van der Waals surface area contributed by atoms with Crippen LogP contribution >= 0.6 is 0 Å². The SMILES string of the molecule is CC.CC(C)N1CCCC(O)C1.CN1CCC(O)CC1. The maximum Gasteiger partial charge on any atom is 0.0667 e. The molecule has 0 saturated carbocycles. The highest BCUT2D eigenvalue weighted by atomic mass is 16.3. The minimum Gasteiger partial charge on any atom is -0.393 e. The van der Waals surface area contributed by atoms with E-state index in [1.165, 1.54) is 0 Å². The van der Waals surface area contributed by atoms with Crippen LogP contribution in [-0.4, -0.2) is 71.5 Å². The van der Waals surface area contributed by atoms with E-state index in [4.69, 9.17) is 5.11 Å². The molecule has 2 aliphatic rings. The molecule has 122 valence electrons. The fraction of sp³-hybridized carbons (Fsp3) is 1.00. The molecule has 2 aliphatic heterocycles. The van der Waals surface area contributed by atoms with Crippen molar-refractivity contribution >= 4 is 0 Å². The Hall–Kier alpha value is -0.160. The van der Waals surface area contributed by atoms with Gasteiger partial charge in [0.1, 0.15) is 0 Å². The first-order valence-corrected chi connectivity index (χ1v) is 8.27. The Morgan fingerprint density at radius 3 is 1.80 bits per heavy atom. The van der Waals surface area contributed by atoms with E-state index < -0.39 is 0 Å². The third-order valence-electron chi connectivity index (χ3n) is 3.85. The average Bonchev–Trinajstić information content (AvgIpc) is 2.45. The first kappa shape index (κ1) is 19.8. The van der Waals surface area contributed by atoms with Gasteiger partial charge in [-0.1, -0.05) is 13.8 Å². The first-order valence-electron chi connectivity index (χ1n) is 8.27. The van der Waals surface area contributed by atoms with Crippen LogP contribution in [0.5, 0.6) is 0 Å². The monoisotopic (exact) mass is 288 g/mol. The minimum absolute atomic E-state index is 0.0220. The Labute approximate surface area is 125 Å². The van der Waals surface area contributed by atoms with Crippen molar-refractivity contribution in [3.63, 3.8) is 0 Å². The largest absolute Gasteiger partial charge is 0.393 e. The summed E-state index contributed by atoms with van der Waals surface area (Å²) in [7, 11) is 2.09. The Morgan fingerprint density at radius 2 is 1.45 bits per heavy atom. The zero-order chi connectivity index (χ0) is 15.5. The van der Waals surface area contributed by atoms with Gasteiger partial charge in [0.2, 0.25) is 0 Å². The molecule has 0 aliphatic carbocycles. The van der Waals surface area contributed by atoms with Crippen LogP contribution in [0.1, 0.15) is 53.4 Å². The Morgan fingerprint density at radius 1 is 0.900 bits per heavy atom. The first-order chi connectivity index (χ1) is 9.49. The molecule has 20 heavy (non-hydrogen) atoms. The van der Waals surface area contributed by atoms with Crippen molar-refractivity contribution in [3.05, 3.63) is 0 Å². The number of hydrogen-bond acceptors (Lipinski definition) is 4. The summed E-state index contributed by atoms with van der Waals surface area (Å²) in [6.45, 7) is 12.5. The summed E-state index contributed by atoms with van der Waals surface area (Å²) in [6, 6.07) is 0.593. The number of likely N-dealkylation sites (tertiary alicyclic amines) is 2. The van der Waals surface area contributed by atoms with Crippen LogP contribution < -0.4 is 0 Å². The summed E-state index contributed by atoms with van der Waals surface area (Å²) < 4.78 is 0. The molecular weight excluding hydrogens is 252 g/mol. The lowest BCUT2D eigenvalue weighted by Gasteiger charge is -2.32. The highest BCUT2D eigenvalue weighted by Gasteiger charge is 2.18. The van der Waals surface area contributed by atoms with E-state index in [-0.39, 0.29) is 12.2 Å². The van der Waals surface area contributed by atoms with Crippen molar-refractivity contribution in [2.24, 2.45) is 0 Å². The van der Waals surface area contributed by atoms with Gasteiger partial charge in [-0.05, 0) is 53.1 Å². The van der Waals surface area contributed by atoms with E-state index in [1.54, 1.807) is 0 Å². The van der Waals surface area contributed by atoms with Crippen LogP contribution in [0.3, 0.4) is 0 Å². The third kappa shape index (κ3) is 8.90. The van der Waals surface area contributed by atoms with Crippen molar-refractivity contribution in [3.8, 4) is 0 Å². The van der Waals surface area contributed by atoms with Gasteiger partial charge in [0, 0.05) is 25.7 Å². The van der Waals surface area contributed by atoms with Gasteiger partial charge < -0.3 is 15.1 Å². The Bertz CT molecular complexity index is 207. The van der Waals surface area contributed by atoms with E-state index in [2.05, 4.69) is 30.7 Å². The van der Waals surface area contributed by atoms with Crippen LogP contribution in [0.25, 0.3) is 0 Å². The lowest BCUT2D eigenvalue weighted by molar-refractivity contribution is 0.0547. The summed E-state index contributed by atoms with van der Waals surface area (Å²) in [4.78, 5) is 4.57. The number of hydrogen-bond donors (Lipinski definition) is 2. The van der Waals surface area contributed by atoms with E-state index in [0.717, 1.165) is 51.9 Å². The fourth-order valence-corrected chi connectivity index (χ4v) is 2.45. The normalized spacial score (nSPS) is 25.5. The van der Waals surface area contributed by atoms with Gasteiger partial charge in [-0.2, -0.15) is 0 Å². The van der Waals surface area contributed by atoms with Gasteiger partial charge in [0.25, 0.3) is 0 Å². The quantitative estimate of drug-likeness (QED) is 0.774. The predicted octanol–water partition coefficient (Wildman–Crippen LogP) is 1.95. The maximum atomic E-state index is 9.29. The number of nitrogens with zero attached hydrogens (tertiary/aromatic N) is 2. The highest BCUT2D eigenvalue weighted by molar-refractivity contribution is 4.73. The third-order valence-corrected chi connectivity index (χ3v) is 3.85. The average molecular weight is 288 g/mol. The molecule has 2 rings (SSSR count). The van der Waals surface area contributed by atoms with Gasteiger partial charge in [0.05, 0.1) is 12.2 Å². The zero-order valence-corrected chi connectivity index (χ0v) is 14.2. The highest BCUT2D eigenvalue weighted by Crippen LogP contribution is 2.11. The van der Waals surface area contributed by atoms with Crippen molar-refractivity contribution in [2.75, 3.05) is 33.2 Å². The lowest BCUT2D eigenvalue weighted by atomic mass is 10.1. The van der Waals surface area contributed by atoms with E-state index in [9.17, 15) is 5.11 Å². The molecule has 0 amide bonds. The summed E-state index contributed by atoms with van der Waals surface area (Å²) in [6.07, 6.45) is 3.96. The van der Waals surface area contributed by atoms with Gasteiger partial charge in [-0.25, -0.2) is 0 Å². The van der Waals surface area contributed by atoms with Gasteiger partial charge in [-0.3, -0.25) is 4.90 Å². The Balaban J connectivity index is 0.000000327. The number of piperidine rings is 2. The van der Waals surface area contributed by atoms with E-state index >= 15 is 0 Å². The molecule has 2 saturated heterocycles. The van der Waals surface area contributed by atoms with Gasteiger partial charge >= 0.3 is 0 Å². The van der Waals surface area contributed by atoms with Crippen LogP contribution in [0.4, 0.5) is 0 Å². The van der Waals surface area contributed by atoms with Crippen LogP contribution in [0.2, 0.25) is 0 Å². The molecule has 0 spiro atoms. The second kappa shape index (κ2) is 11.5. The van der Waals surface area contributed by atoms with Crippen LogP contribution in [0, 0.1) is 0 Å². The summed E-state index contributed by atoms with van der Waals surface area (Å²) >= 11 is 0. The molecule has 4 nitrogen and oxygen atoms in total. The molecule has 0 bridgehead atoms. The van der Waals surface area contributed by atoms with Gasteiger partial charge in [0.15, 0.2) is 0 Å². The summed E-state index contributed by atoms with van der Waals surface area (Å²) in [5, 5.41) is 18.3. The topological polar surface area (TPSA) is 46.9 Å². The molecular formula is C16H36N2O2. The zero-order valence-electron chi connectivity index (χ0n) is 14.2. The van der Waals surface area contributed by atoms with Crippen molar-refractivity contribution in [1.29, 1.82) is 0 Å². The van der Waals surface area contributed by atoms with Crippen LogP contribution in [-0.2, 0) is 0 Å². The smallest absolute Gasteiger partial charge is 0.0667 e. The second-order valence-corrected chi connectivity index (χ2v) is 5.92. The summed E-state index contributed by atoms with van der Waals surface area (Å²) in [5.74, 6) is 0. The molecule has 2 N–H and O–H groups in total. The second-order valence-electron chi connectivity index (χ2n) is 5.92. The molecule has 1 unspecified atom stereocenters. The molecule has 2 fully saturated rings. The lowest BCUT2D eigenvalue weighted by Crippen LogP contribution is -2.42. The predicted molar refractivity (Wildman–Crippen MR) is 86.0 cm³/mol. The van der Waals surface area contributed by atoms with E-state index in [1.807, 2.05) is 13.8 Å². The van der Waals surface area contributed by atoms with Crippen molar-refractivity contribution in [1.82, 2.24) is 9.80 Å². The number of aliphatic hydroxyl groups excluding tert-OH is 2. The Kier molecular flexibility index (Phi) is 11.4. The molecule has 1 atom stereocenters. The molecule has 4 heteroatoms. The number of β-amino-alcohol motifs (C(OH)–C–C–N with tert-alkyl or cyclic N) is 1. The number of aliphatic hydroxyl groups is 2. The molecule has 0 radical (unpaired) electrons.